The number of amides is 2. The zero-order valence-corrected chi connectivity index (χ0v) is 26.7. The molecule has 0 aliphatic carbocycles. The number of unbranched alkanes of at least 4 members (excludes halogenated alkanes) is 3. The third-order valence-corrected chi connectivity index (χ3v) is 8.24. The van der Waals surface area contributed by atoms with Gasteiger partial charge in [-0.2, -0.15) is 0 Å². The van der Waals surface area contributed by atoms with Crippen molar-refractivity contribution in [1.29, 1.82) is 0 Å². The topological polar surface area (TPSA) is 120 Å². The van der Waals surface area contributed by atoms with Gasteiger partial charge in [-0.3, -0.25) is 14.8 Å². The first-order valence-electron chi connectivity index (χ1n) is 16.1. The normalized spacial score (nSPS) is 17.9. The second-order valence-electron chi connectivity index (χ2n) is 11.9. The minimum atomic E-state index is -0.534. The minimum Gasteiger partial charge on any atom is -0.392 e. The summed E-state index contributed by atoms with van der Waals surface area (Å²) in [5.41, 5.74) is 7.60. The maximum absolute atomic E-state index is 12.5. The summed E-state index contributed by atoms with van der Waals surface area (Å²) in [7, 11) is 2.06. The summed E-state index contributed by atoms with van der Waals surface area (Å²) >= 11 is 0. The number of aliphatic hydroxyl groups is 1. The van der Waals surface area contributed by atoms with Crippen molar-refractivity contribution in [3.8, 4) is 11.1 Å². The zero-order chi connectivity index (χ0) is 32.7. The van der Waals surface area contributed by atoms with Gasteiger partial charge in [-0.05, 0) is 47.7 Å². The van der Waals surface area contributed by atoms with Crippen molar-refractivity contribution in [2.24, 2.45) is 0 Å². The molecule has 3 atom stereocenters. The number of rotatable bonds is 17. The standard InChI is InChI=1S/C37H47N3O6/c1-3-22-40(2)25-32-23-34(29-16-14-27(26-41)15-17-29)46-37(45-32)30-20-18-28(19-21-30)33-11-9-8-10-31(33)24-38-35(42)12-6-4-5-7-13-36(43)39-44/h3,8-11,14-21,32,34,37,41,44H,1,4-7,12-13,22-26H2,2H3,(H,38,42)(H,39,43)/t32-,34+,37+/m0/s1. The van der Waals surface area contributed by atoms with Crippen LogP contribution in [0.5, 0.6) is 0 Å². The Balaban J connectivity index is 1.38. The van der Waals surface area contributed by atoms with E-state index in [-0.39, 0.29) is 37.0 Å². The number of hydroxylamine groups is 1. The Kier molecular flexibility index (Phi) is 13.9. The molecule has 9 heteroatoms. The fraction of sp³-hybridized carbons (Fsp3) is 0.405. The van der Waals surface area contributed by atoms with Gasteiger partial charge in [0.2, 0.25) is 11.8 Å². The lowest BCUT2D eigenvalue weighted by molar-refractivity contribution is -0.252. The van der Waals surface area contributed by atoms with Crippen LogP contribution in [0.3, 0.4) is 0 Å². The van der Waals surface area contributed by atoms with Gasteiger partial charge in [0.15, 0.2) is 6.29 Å². The molecule has 3 aromatic carbocycles. The summed E-state index contributed by atoms with van der Waals surface area (Å²) in [6.45, 7) is 5.81. The molecule has 246 valence electrons. The Labute approximate surface area is 272 Å². The molecular weight excluding hydrogens is 582 g/mol. The molecule has 1 fully saturated rings. The molecule has 0 saturated carbocycles. The maximum atomic E-state index is 12.5. The molecule has 1 saturated heterocycles. The number of nitrogens with zero attached hydrogens (tertiary/aromatic N) is 1. The molecule has 3 aromatic rings. The van der Waals surface area contributed by atoms with Crippen LogP contribution >= 0.6 is 0 Å². The van der Waals surface area contributed by atoms with E-state index >= 15 is 0 Å². The van der Waals surface area contributed by atoms with Crippen molar-refractivity contribution in [2.75, 3.05) is 20.1 Å². The van der Waals surface area contributed by atoms with E-state index in [1.54, 1.807) is 5.48 Å². The van der Waals surface area contributed by atoms with Gasteiger partial charge in [-0.1, -0.05) is 91.7 Å². The average Bonchev–Trinajstić information content (AvgIpc) is 3.09. The third kappa shape index (κ3) is 10.6. The lowest BCUT2D eigenvalue weighted by Crippen LogP contribution is -2.37. The molecule has 0 radical (unpaired) electrons. The Morgan fingerprint density at radius 3 is 2.26 bits per heavy atom. The molecule has 2 amide bonds. The van der Waals surface area contributed by atoms with Gasteiger partial charge in [0.05, 0.1) is 18.8 Å². The monoisotopic (exact) mass is 629 g/mol. The lowest BCUT2D eigenvalue weighted by atomic mass is 9.97. The van der Waals surface area contributed by atoms with E-state index in [1.165, 1.54) is 0 Å². The highest BCUT2D eigenvalue weighted by molar-refractivity contribution is 5.76. The number of likely N-dealkylation sites (N-methyl/N-ethyl adjacent to an activating group) is 1. The Hall–Kier alpha value is -3.86. The van der Waals surface area contributed by atoms with E-state index in [0.29, 0.717) is 19.4 Å². The molecule has 0 bridgehead atoms. The Bertz CT molecular complexity index is 1390. The minimum absolute atomic E-state index is 0.00121. The fourth-order valence-electron chi connectivity index (χ4n) is 5.71. The number of ether oxygens (including phenoxy) is 2. The molecule has 0 spiro atoms. The van der Waals surface area contributed by atoms with Gasteiger partial charge < -0.3 is 24.8 Å². The summed E-state index contributed by atoms with van der Waals surface area (Å²) in [6, 6.07) is 24.2. The number of hydrogen-bond acceptors (Lipinski definition) is 7. The summed E-state index contributed by atoms with van der Waals surface area (Å²) in [5.74, 6) is -0.382. The van der Waals surface area contributed by atoms with E-state index in [2.05, 4.69) is 42.0 Å². The van der Waals surface area contributed by atoms with E-state index in [4.69, 9.17) is 14.7 Å². The largest absolute Gasteiger partial charge is 0.392 e. The molecule has 4 rings (SSSR count). The second-order valence-corrected chi connectivity index (χ2v) is 11.9. The van der Waals surface area contributed by atoms with Crippen LogP contribution in [0.2, 0.25) is 0 Å². The summed E-state index contributed by atoms with van der Waals surface area (Å²) in [5, 5.41) is 21.1. The van der Waals surface area contributed by atoms with Gasteiger partial charge in [0.25, 0.3) is 0 Å². The van der Waals surface area contributed by atoms with E-state index in [9.17, 15) is 14.7 Å². The van der Waals surface area contributed by atoms with Crippen LogP contribution in [-0.2, 0) is 32.2 Å². The van der Waals surface area contributed by atoms with Gasteiger partial charge >= 0.3 is 0 Å². The molecule has 1 aliphatic rings. The average molecular weight is 630 g/mol. The van der Waals surface area contributed by atoms with Crippen LogP contribution in [0, 0.1) is 0 Å². The predicted molar refractivity (Wildman–Crippen MR) is 177 cm³/mol. The third-order valence-electron chi connectivity index (χ3n) is 8.24. The van der Waals surface area contributed by atoms with Crippen LogP contribution in [0.15, 0.2) is 85.5 Å². The van der Waals surface area contributed by atoms with Crippen molar-refractivity contribution in [3.05, 3.63) is 108 Å². The van der Waals surface area contributed by atoms with Crippen LogP contribution in [0.1, 0.15) is 79.6 Å². The van der Waals surface area contributed by atoms with E-state index in [1.807, 2.05) is 60.7 Å². The Morgan fingerprint density at radius 1 is 0.913 bits per heavy atom. The molecule has 1 heterocycles. The first-order chi connectivity index (χ1) is 22.4. The quantitative estimate of drug-likeness (QED) is 0.0629. The molecule has 9 nitrogen and oxygen atoms in total. The number of aliphatic hydroxyl groups excluding tert-OH is 1. The smallest absolute Gasteiger partial charge is 0.243 e. The van der Waals surface area contributed by atoms with Crippen molar-refractivity contribution in [1.82, 2.24) is 15.7 Å². The number of benzene rings is 3. The predicted octanol–water partition coefficient (Wildman–Crippen LogP) is 5.97. The van der Waals surface area contributed by atoms with Gasteiger partial charge in [-0.25, -0.2) is 5.48 Å². The first-order valence-corrected chi connectivity index (χ1v) is 16.1. The van der Waals surface area contributed by atoms with Gasteiger partial charge in [0.1, 0.15) is 0 Å². The number of carbonyl (C=O) groups is 2. The summed E-state index contributed by atoms with van der Waals surface area (Å²) in [6.07, 6.45) is 5.73. The number of carbonyl (C=O) groups excluding carboxylic acids is 2. The summed E-state index contributed by atoms with van der Waals surface area (Å²) < 4.78 is 13.0. The molecule has 4 N–H and O–H groups in total. The maximum Gasteiger partial charge on any atom is 0.243 e. The van der Waals surface area contributed by atoms with Crippen molar-refractivity contribution < 1.29 is 29.4 Å². The molecule has 46 heavy (non-hydrogen) atoms. The lowest BCUT2D eigenvalue weighted by Gasteiger charge is -2.37. The summed E-state index contributed by atoms with van der Waals surface area (Å²) in [4.78, 5) is 25.8. The van der Waals surface area contributed by atoms with E-state index < -0.39 is 6.29 Å². The van der Waals surface area contributed by atoms with Gasteiger partial charge in [-0.15, -0.1) is 6.58 Å². The van der Waals surface area contributed by atoms with Gasteiger partial charge in [0, 0.05) is 44.5 Å². The van der Waals surface area contributed by atoms with Crippen LogP contribution in [-0.4, -0.2) is 53.3 Å². The van der Waals surface area contributed by atoms with Crippen LogP contribution in [0.25, 0.3) is 11.1 Å². The zero-order valence-electron chi connectivity index (χ0n) is 26.7. The highest BCUT2D eigenvalue weighted by Gasteiger charge is 2.32. The SMILES string of the molecule is C=CCN(C)C[C@@H]1C[C@H](c2ccc(CO)cc2)O[C@H](c2ccc(-c3ccccc3CNC(=O)CCCCCCC(=O)NO)cc2)O1. The number of nitrogens with one attached hydrogen (secondary N) is 2. The van der Waals surface area contributed by atoms with Crippen molar-refractivity contribution in [2.45, 2.75) is 76.6 Å². The van der Waals surface area contributed by atoms with Crippen molar-refractivity contribution >= 4 is 11.8 Å². The van der Waals surface area contributed by atoms with Crippen LogP contribution < -0.4 is 10.8 Å². The van der Waals surface area contributed by atoms with Crippen molar-refractivity contribution in [3.63, 3.8) is 0 Å². The molecule has 0 aromatic heterocycles. The highest BCUT2D eigenvalue weighted by atomic mass is 16.7. The first kappa shape index (κ1) is 35.0. The highest BCUT2D eigenvalue weighted by Crippen LogP contribution is 2.38. The molecular formula is C37H47N3O6. The van der Waals surface area contributed by atoms with E-state index in [0.717, 1.165) is 72.2 Å². The van der Waals surface area contributed by atoms with Crippen LogP contribution in [0.4, 0.5) is 0 Å². The molecule has 1 aliphatic heterocycles. The fourth-order valence-corrected chi connectivity index (χ4v) is 5.71. The second kappa shape index (κ2) is 18.3. The Morgan fingerprint density at radius 2 is 1.59 bits per heavy atom. The molecule has 0 unspecified atom stereocenters. The number of hydrogen-bond donors (Lipinski definition) is 4.